The maximum absolute atomic E-state index is 14.1. The van der Waals surface area contributed by atoms with E-state index >= 15 is 0 Å². The number of aliphatic hydroxyl groups excluding tert-OH is 1. The van der Waals surface area contributed by atoms with Crippen molar-refractivity contribution < 1.29 is 14.7 Å². The van der Waals surface area contributed by atoms with E-state index in [1.165, 1.54) is 0 Å². The number of aromatic nitrogens is 1. The molecule has 2 fully saturated rings. The zero-order chi connectivity index (χ0) is 29.2. The third kappa shape index (κ3) is 5.86. The topological polar surface area (TPSA) is 94.9 Å². The lowest BCUT2D eigenvalue weighted by Gasteiger charge is -2.34. The monoisotopic (exact) mass is 564 g/mol. The maximum atomic E-state index is 14.1. The second kappa shape index (κ2) is 11.9. The van der Waals surface area contributed by atoms with Crippen LogP contribution in [0.25, 0.3) is 21.9 Å². The van der Waals surface area contributed by atoms with Crippen molar-refractivity contribution >= 4 is 22.6 Å². The molecule has 216 valence electrons. The third-order valence-corrected chi connectivity index (χ3v) is 8.31. The second-order valence-corrected chi connectivity index (χ2v) is 11.4. The number of nitrogens with zero attached hydrogens (tertiary/aromatic N) is 3. The van der Waals surface area contributed by atoms with E-state index < -0.39 is 0 Å². The number of aryl methyl sites for hydroxylation is 1. The number of hydrogen-bond donors (Lipinski definition) is 2. The Labute approximate surface area is 245 Å². The number of β-amino-alcohol motifs (C(OH)–C–C–N with tert-alkyl or cyclic N) is 1. The van der Waals surface area contributed by atoms with E-state index in [0.29, 0.717) is 61.2 Å². The lowest BCUT2D eigenvalue weighted by molar-refractivity contribution is 0.0616. The maximum Gasteiger partial charge on any atom is 0.258 e. The summed E-state index contributed by atoms with van der Waals surface area (Å²) in [5.74, 6) is -0.198. The molecule has 1 aromatic heterocycles. The standard InChI is InChI=1S/C34H36N4O4/c1-23-7-8-26(32(40)35-27-10-11-27)20-29(23)25-9-12-28-30(19-25)31(34(42)37-15-13-36(14-16-37)17-18-39)22-38(33(28)41)21-24-5-3-2-4-6-24/h2-9,12,19-20,22,27,39H,10-11,13-18,21H2,1H3,(H,35,40). The Hall–Kier alpha value is -4.27. The zero-order valence-corrected chi connectivity index (χ0v) is 23.9. The molecule has 8 heteroatoms. The van der Waals surface area contributed by atoms with Gasteiger partial charge in [0.15, 0.2) is 0 Å². The Balaban J connectivity index is 1.42. The SMILES string of the molecule is Cc1ccc(C(=O)NC2CC2)cc1-c1ccc2c(=O)n(Cc3ccccc3)cc(C(=O)N3CCN(CCO)CC3)c2c1. The van der Waals surface area contributed by atoms with Gasteiger partial charge in [-0.25, -0.2) is 0 Å². The number of benzene rings is 3. The quantitative estimate of drug-likeness (QED) is 0.341. The third-order valence-electron chi connectivity index (χ3n) is 8.31. The van der Waals surface area contributed by atoms with Crippen molar-refractivity contribution in [2.24, 2.45) is 0 Å². The van der Waals surface area contributed by atoms with Crippen LogP contribution < -0.4 is 10.9 Å². The van der Waals surface area contributed by atoms with Crippen molar-refractivity contribution in [3.05, 3.63) is 106 Å². The molecule has 0 unspecified atom stereocenters. The van der Waals surface area contributed by atoms with E-state index in [-0.39, 0.29) is 30.0 Å². The van der Waals surface area contributed by atoms with E-state index in [1.54, 1.807) is 16.8 Å². The van der Waals surface area contributed by atoms with Crippen LogP contribution in [0.1, 0.15) is 44.7 Å². The van der Waals surface area contributed by atoms with Gasteiger partial charge in [0.05, 0.1) is 18.7 Å². The van der Waals surface area contributed by atoms with Gasteiger partial charge in [-0.1, -0.05) is 42.5 Å². The van der Waals surface area contributed by atoms with Gasteiger partial charge in [0.25, 0.3) is 17.4 Å². The van der Waals surface area contributed by atoms with Gasteiger partial charge in [0.1, 0.15) is 0 Å². The molecule has 1 saturated heterocycles. The number of hydrogen-bond acceptors (Lipinski definition) is 5. The molecular weight excluding hydrogens is 528 g/mol. The molecule has 42 heavy (non-hydrogen) atoms. The first-order valence-electron chi connectivity index (χ1n) is 14.7. The highest BCUT2D eigenvalue weighted by Gasteiger charge is 2.26. The summed E-state index contributed by atoms with van der Waals surface area (Å²) in [6.45, 7) is 5.52. The fourth-order valence-corrected chi connectivity index (χ4v) is 5.68. The molecule has 1 aliphatic carbocycles. The van der Waals surface area contributed by atoms with E-state index in [1.807, 2.05) is 72.5 Å². The largest absolute Gasteiger partial charge is 0.395 e. The van der Waals surface area contributed by atoms with E-state index in [9.17, 15) is 19.5 Å². The number of carbonyl (C=O) groups is 2. The number of rotatable bonds is 8. The number of aliphatic hydroxyl groups is 1. The molecule has 0 atom stereocenters. The second-order valence-electron chi connectivity index (χ2n) is 11.4. The van der Waals surface area contributed by atoms with Crippen LogP contribution in [0.3, 0.4) is 0 Å². The summed E-state index contributed by atoms with van der Waals surface area (Å²) >= 11 is 0. The number of amides is 2. The summed E-state index contributed by atoms with van der Waals surface area (Å²) in [7, 11) is 0. The van der Waals surface area contributed by atoms with Crippen LogP contribution in [0.4, 0.5) is 0 Å². The van der Waals surface area contributed by atoms with Crippen LogP contribution in [-0.2, 0) is 6.54 Å². The number of nitrogens with one attached hydrogen (secondary N) is 1. The highest BCUT2D eigenvalue weighted by Crippen LogP contribution is 2.30. The van der Waals surface area contributed by atoms with Gasteiger partial charge in [-0.05, 0) is 66.3 Å². The molecule has 4 aromatic rings. The van der Waals surface area contributed by atoms with E-state index in [2.05, 4.69) is 10.2 Å². The molecule has 2 N–H and O–H groups in total. The number of carbonyl (C=O) groups excluding carboxylic acids is 2. The van der Waals surface area contributed by atoms with Crippen LogP contribution in [0.15, 0.2) is 77.7 Å². The first-order chi connectivity index (χ1) is 20.4. The first-order valence-corrected chi connectivity index (χ1v) is 14.7. The fourth-order valence-electron chi connectivity index (χ4n) is 5.68. The Bertz CT molecular complexity index is 1690. The average Bonchev–Trinajstić information content (AvgIpc) is 3.83. The van der Waals surface area contributed by atoms with Crippen molar-refractivity contribution in [1.82, 2.24) is 19.7 Å². The lowest BCUT2D eigenvalue weighted by Crippen LogP contribution is -2.49. The Morgan fingerprint density at radius 1 is 0.929 bits per heavy atom. The summed E-state index contributed by atoms with van der Waals surface area (Å²) in [5, 5.41) is 13.5. The predicted octanol–water partition coefficient (Wildman–Crippen LogP) is 3.67. The molecule has 0 spiro atoms. The van der Waals surface area contributed by atoms with Crippen molar-refractivity contribution in [3.63, 3.8) is 0 Å². The Morgan fingerprint density at radius 2 is 1.69 bits per heavy atom. The van der Waals surface area contributed by atoms with E-state index in [4.69, 9.17) is 0 Å². The average molecular weight is 565 g/mol. The van der Waals surface area contributed by atoms with Gasteiger partial charge in [0, 0.05) is 61.3 Å². The smallest absolute Gasteiger partial charge is 0.258 e. The van der Waals surface area contributed by atoms with Crippen molar-refractivity contribution in [2.75, 3.05) is 39.3 Å². The van der Waals surface area contributed by atoms with Gasteiger partial charge in [-0.15, -0.1) is 0 Å². The molecular formula is C34H36N4O4. The lowest BCUT2D eigenvalue weighted by atomic mass is 9.94. The zero-order valence-electron chi connectivity index (χ0n) is 23.9. The van der Waals surface area contributed by atoms with Gasteiger partial charge >= 0.3 is 0 Å². The molecule has 1 saturated carbocycles. The Kier molecular flexibility index (Phi) is 7.91. The number of pyridine rings is 1. The van der Waals surface area contributed by atoms with Crippen molar-refractivity contribution in [1.29, 1.82) is 0 Å². The summed E-state index contributed by atoms with van der Waals surface area (Å²) in [6.07, 6.45) is 3.74. The summed E-state index contributed by atoms with van der Waals surface area (Å²) in [4.78, 5) is 44.5. The molecule has 0 bridgehead atoms. The van der Waals surface area contributed by atoms with Crippen molar-refractivity contribution in [2.45, 2.75) is 32.4 Å². The number of piperazine rings is 1. The van der Waals surface area contributed by atoms with Crippen molar-refractivity contribution in [3.8, 4) is 11.1 Å². The summed E-state index contributed by atoms with van der Waals surface area (Å²) < 4.78 is 1.63. The van der Waals surface area contributed by atoms with Crippen LogP contribution in [0.2, 0.25) is 0 Å². The molecule has 0 radical (unpaired) electrons. The highest BCUT2D eigenvalue weighted by molar-refractivity contribution is 6.07. The van der Waals surface area contributed by atoms with Crippen LogP contribution in [-0.4, -0.2) is 76.7 Å². The minimum atomic E-state index is -0.154. The molecule has 6 rings (SSSR count). The van der Waals surface area contributed by atoms with Gasteiger partial charge < -0.3 is 19.9 Å². The van der Waals surface area contributed by atoms with Crippen LogP contribution in [0, 0.1) is 6.92 Å². The molecule has 2 aliphatic rings. The Morgan fingerprint density at radius 3 is 2.40 bits per heavy atom. The summed E-state index contributed by atoms with van der Waals surface area (Å²) in [5.41, 5.74) is 4.65. The van der Waals surface area contributed by atoms with Crippen LogP contribution >= 0.6 is 0 Å². The summed E-state index contributed by atoms with van der Waals surface area (Å²) in [6, 6.07) is 21.3. The predicted molar refractivity (Wildman–Crippen MR) is 164 cm³/mol. The van der Waals surface area contributed by atoms with Crippen LogP contribution in [0.5, 0.6) is 0 Å². The molecule has 1 aliphatic heterocycles. The molecule has 3 aromatic carbocycles. The minimum Gasteiger partial charge on any atom is -0.395 e. The first kappa shape index (κ1) is 27.9. The minimum absolute atomic E-state index is 0.0838. The fraction of sp³-hybridized carbons (Fsp3) is 0.324. The van der Waals surface area contributed by atoms with E-state index in [0.717, 1.165) is 35.1 Å². The van der Waals surface area contributed by atoms with Gasteiger partial charge in [-0.2, -0.15) is 0 Å². The normalized spacial score (nSPS) is 15.6. The molecule has 2 amide bonds. The highest BCUT2D eigenvalue weighted by atomic mass is 16.3. The number of fused-ring (bicyclic) bond motifs is 1. The van der Waals surface area contributed by atoms with Gasteiger partial charge in [0.2, 0.25) is 0 Å². The molecule has 8 nitrogen and oxygen atoms in total. The molecule has 2 heterocycles. The van der Waals surface area contributed by atoms with Gasteiger partial charge in [-0.3, -0.25) is 19.3 Å².